The second-order valence-electron chi connectivity index (χ2n) is 2.65. The fourth-order valence-corrected chi connectivity index (χ4v) is 1.60. The quantitative estimate of drug-likeness (QED) is 0.702. The van der Waals surface area contributed by atoms with E-state index in [1.807, 2.05) is 31.2 Å². The van der Waals surface area contributed by atoms with Gasteiger partial charge in [-0.3, -0.25) is 0 Å². The first kappa shape index (κ1) is 10.8. The smallest absolute Gasteiger partial charge is 0.0960 e. The van der Waals surface area contributed by atoms with Crippen molar-refractivity contribution in [2.75, 3.05) is 12.5 Å². The number of hydrogen-bond donors (Lipinski definition) is 0. The molecule has 1 aromatic carbocycles. The van der Waals surface area contributed by atoms with E-state index in [-0.39, 0.29) is 6.10 Å². The second-order valence-corrected chi connectivity index (χ2v) is 3.40. The normalized spacial score (nSPS) is 12.8. The third-order valence-electron chi connectivity index (χ3n) is 1.73. The van der Waals surface area contributed by atoms with Gasteiger partial charge in [-0.25, -0.2) is 0 Å². The Morgan fingerprint density at radius 2 is 2.23 bits per heavy atom. The van der Waals surface area contributed by atoms with E-state index in [4.69, 9.17) is 27.9 Å². The molecule has 0 radical (unpaired) electrons. The Labute approximate surface area is 88.6 Å². The maximum Gasteiger partial charge on any atom is 0.0960 e. The molecule has 0 fully saturated rings. The van der Waals surface area contributed by atoms with Crippen molar-refractivity contribution < 1.29 is 4.74 Å². The third-order valence-corrected chi connectivity index (χ3v) is 2.24. The molecule has 0 spiro atoms. The van der Waals surface area contributed by atoms with Crippen molar-refractivity contribution in [3.63, 3.8) is 0 Å². The number of alkyl halides is 1. The number of rotatable bonds is 4. The van der Waals surface area contributed by atoms with Crippen LogP contribution in [0.1, 0.15) is 18.6 Å². The summed E-state index contributed by atoms with van der Waals surface area (Å²) >= 11 is 11.6. The van der Waals surface area contributed by atoms with Gasteiger partial charge in [0.05, 0.1) is 12.0 Å². The molecule has 0 N–H and O–H groups in total. The van der Waals surface area contributed by atoms with Crippen molar-refractivity contribution in [2.24, 2.45) is 0 Å². The van der Waals surface area contributed by atoms with Gasteiger partial charge in [-0.15, -0.1) is 11.6 Å². The Morgan fingerprint density at radius 1 is 1.46 bits per heavy atom. The van der Waals surface area contributed by atoms with Crippen LogP contribution in [0.15, 0.2) is 24.3 Å². The van der Waals surface area contributed by atoms with E-state index in [0.29, 0.717) is 17.5 Å². The SMILES string of the molecule is CCOC(CCl)c1cccc(Cl)c1. The zero-order valence-electron chi connectivity index (χ0n) is 7.47. The van der Waals surface area contributed by atoms with Crippen LogP contribution in [-0.2, 0) is 4.74 Å². The molecule has 0 saturated heterocycles. The summed E-state index contributed by atoms with van der Waals surface area (Å²) in [6.07, 6.45) is -0.0506. The minimum Gasteiger partial charge on any atom is -0.373 e. The lowest BCUT2D eigenvalue weighted by Gasteiger charge is -2.14. The van der Waals surface area contributed by atoms with Crippen LogP contribution in [0.2, 0.25) is 5.02 Å². The predicted molar refractivity (Wildman–Crippen MR) is 56.5 cm³/mol. The zero-order valence-corrected chi connectivity index (χ0v) is 8.98. The topological polar surface area (TPSA) is 9.23 Å². The Morgan fingerprint density at radius 3 is 2.77 bits per heavy atom. The standard InChI is InChI=1S/C10H12Cl2O/c1-2-13-10(7-11)8-4-3-5-9(12)6-8/h3-6,10H,2,7H2,1H3. The van der Waals surface area contributed by atoms with Crippen molar-refractivity contribution in [3.8, 4) is 0 Å². The lowest BCUT2D eigenvalue weighted by molar-refractivity contribution is 0.0788. The largest absolute Gasteiger partial charge is 0.373 e. The van der Waals surface area contributed by atoms with E-state index in [2.05, 4.69) is 0 Å². The van der Waals surface area contributed by atoms with E-state index >= 15 is 0 Å². The first-order valence-electron chi connectivity index (χ1n) is 4.21. The summed E-state index contributed by atoms with van der Waals surface area (Å²) in [5, 5.41) is 0.715. The summed E-state index contributed by atoms with van der Waals surface area (Å²) in [7, 11) is 0. The number of halogens is 2. The lowest BCUT2D eigenvalue weighted by Crippen LogP contribution is -2.05. The Kier molecular flexibility index (Phi) is 4.57. The molecule has 0 bridgehead atoms. The molecular formula is C10H12Cl2O. The molecule has 1 unspecified atom stereocenters. The summed E-state index contributed by atoms with van der Waals surface area (Å²) in [6.45, 7) is 2.61. The average molecular weight is 219 g/mol. The number of benzene rings is 1. The molecule has 13 heavy (non-hydrogen) atoms. The monoisotopic (exact) mass is 218 g/mol. The van der Waals surface area contributed by atoms with Crippen LogP contribution in [0.3, 0.4) is 0 Å². The third kappa shape index (κ3) is 3.18. The van der Waals surface area contributed by atoms with E-state index < -0.39 is 0 Å². The summed E-state index contributed by atoms with van der Waals surface area (Å²) in [5.41, 5.74) is 1.03. The molecule has 0 aliphatic rings. The van der Waals surface area contributed by atoms with Crippen molar-refractivity contribution in [1.82, 2.24) is 0 Å². The predicted octanol–water partition coefficient (Wildman–Crippen LogP) is 3.66. The van der Waals surface area contributed by atoms with Gasteiger partial charge in [0.2, 0.25) is 0 Å². The summed E-state index contributed by atoms with van der Waals surface area (Å²) < 4.78 is 5.44. The molecule has 1 aromatic rings. The lowest BCUT2D eigenvalue weighted by atomic mass is 10.1. The molecule has 1 rings (SSSR count). The van der Waals surface area contributed by atoms with Crippen LogP contribution in [-0.4, -0.2) is 12.5 Å². The molecule has 3 heteroatoms. The molecule has 72 valence electrons. The van der Waals surface area contributed by atoms with Gasteiger partial charge in [0, 0.05) is 11.6 Å². The number of ether oxygens (including phenoxy) is 1. The Hall–Kier alpha value is -0.240. The van der Waals surface area contributed by atoms with Gasteiger partial charge in [-0.2, -0.15) is 0 Å². The highest BCUT2D eigenvalue weighted by Crippen LogP contribution is 2.21. The van der Waals surface area contributed by atoms with Gasteiger partial charge in [0.15, 0.2) is 0 Å². The molecule has 0 saturated carbocycles. The van der Waals surface area contributed by atoms with E-state index in [1.54, 1.807) is 0 Å². The summed E-state index contributed by atoms with van der Waals surface area (Å²) in [5.74, 6) is 0.453. The van der Waals surface area contributed by atoms with Gasteiger partial charge in [-0.1, -0.05) is 23.7 Å². The van der Waals surface area contributed by atoms with Gasteiger partial charge in [0.25, 0.3) is 0 Å². The number of hydrogen-bond acceptors (Lipinski definition) is 1. The summed E-state index contributed by atoms with van der Waals surface area (Å²) in [6, 6.07) is 7.58. The van der Waals surface area contributed by atoms with Crippen LogP contribution < -0.4 is 0 Å². The first-order chi connectivity index (χ1) is 6.27. The zero-order chi connectivity index (χ0) is 9.68. The van der Waals surface area contributed by atoms with E-state index in [9.17, 15) is 0 Å². The Balaban J connectivity index is 2.78. The highest BCUT2D eigenvalue weighted by Gasteiger charge is 2.09. The highest BCUT2D eigenvalue weighted by molar-refractivity contribution is 6.30. The van der Waals surface area contributed by atoms with Crippen LogP contribution >= 0.6 is 23.2 Å². The molecule has 0 heterocycles. The van der Waals surface area contributed by atoms with E-state index in [0.717, 1.165) is 5.56 Å². The van der Waals surface area contributed by atoms with Crippen LogP contribution in [0.25, 0.3) is 0 Å². The molecule has 0 aromatic heterocycles. The van der Waals surface area contributed by atoms with Crippen molar-refractivity contribution in [1.29, 1.82) is 0 Å². The van der Waals surface area contributed by atoms with Gasteiger partial charge >= 0.3 is 0 Å². The molecule has 0 amide bonds. The maximum atomic E-state index is 5.85. The second kappa shape index (κ2) is 5.48. The van der Waals surface area contributed by atoms with E-state index in [1.165, 1.54) is 0 Å². The highest BCUT2D eigenvalue weighted by atomic mass is 35.5. The van der Waals surface area contributed by atoms with Gasteiger partial charge < -0.3 is 4.74 Å². The molecule has 1 atom stereocenters. The first-order valence-corrected chi connectivity index (χ1v) is 5.12. The van der Waals surface area contributed by atoms with Crippen LogP contribution in [0.5, 0.6) is 0 Å². The van der Waals surface area contributed by atoms with Gasteiger partial charge in [-0.05, 0) is 24.6 Å². The average Bonchev–Trinajstić information content (AvgIpc) is 2.14. The molecule has 0 aliphatic carbocycles. The fourth-order valence-electron chi connectivity index (χ4n) is 1.14. The van der Waals surface area contributed by atoms with Crippen molar-refractivity contribution in [3.05, 3.63) is 34.9 Å². The van der Waals surface area contributed by atoms with Crippen LogP contribution in [0.4, 0.5) is 0 Å². The molecule has 0 aliphatic heterocycles. The molecule has 1 nitrogen and oxygen atoms in total. The summed E-state index contributed by atoms with van der Waals surface area (Å²) in [4.78, 5) is 0. The fraction of sp³-hybridized carbons (Fsp3) is 0.400. The minimum atomic E-state index is -0.0506. The Bertz CT molecular complexity index is 263. The van der Waals surface area contributed by atoms with Gasteiger partial charge in [0.1, 0.15) is 0 Å². The maximum absolute atomic E-state index is 5.85. The van der Waals surface area contributed by atoms with Crippen molar-refractivity contribution in [2.45, 2.75) is 13.0 Å². The van der Waals surface area contributed by atoms with Crippen molar-refractivity contribution >= 4 is 23.2 Å². The van der Waals surface area contributed by atoms with Crippen LogP contribution in [0, 0.1) is 0 Å². The molecular weight excluding hydrogens is 207 g/mol. The minimum absolute atomic E-state index is 0.0506.